The number of likely N-dealkylation sites (N-methyl/N-ethyl adjacent to an activating group) is 1. The van der Waals surface area contributed by atoms with Crippen molar-refractivity contribution in [2.75, 3.05) is 25.9 Å². The minimum absolute atomic E-state index is 0.0686. The Morgan fingerprint density at radius 1 is 1.50 bits per heavy atom. The van der Waals surface area contributed by atoms with Crippen molar-refractivity contribution in [2.45, 2.75) is 20.4 Å². The molecule has 0 spiro atoms. The molecule has 0 aliphatic carbocycles. The summed E-state index contributed by atoms with van der Waals surface area (Å²) < 4.78 is 12.8. The quantitative estimate of drug-likeness (QED) is 0.815. The second-order valence-corrected chi connectivity index (χ2v) is 3.16. The van der Waals surface area contributed by atoms with Gasteiger partial charge in [-0.05, 0) is 13.1 Å². The van der Waals surface area contributed by atoms with E-state index in [1.54, 1.807) is 0 Å². The molecular formula is C11H20FN3O. The van der Waals surface area contributed by atoms with Crippen molar-refractivity contribution in [3.63, 3.8) is 0 Å². The monoisotopic (exact) mass is 229 g/mol. The number of hydrogen-bond donors (Lipinski definition) is 2. The Bertz CT molecular complexity index is 307. The summed E-state index contributed by atoms with van der Waals surface area (Å²) in [5.41, 5.74) is 6.21. The highest BCUT2D eigenvalue weighted by atomic mass is 19.1. The highest BCUT2D eigenvalue weighted by Crippen LogP contribution is 2.11. The lowest BCUT2D eigenvalue weighted by atomic mass is 10.2. The standard InChI is InChI=1S/C9H14FN3O.C2H6/c1-13(2-3-14)6-7-4-8(10)5-12-9(7)11;1-2/h4-5,14H,2-3,6H2,1H3,(H2,11,12);1-2H3. The van der Waals surface area contributed by atoms with E-state index in [1.807, 2.05) is 25.8 Å². The minimum atomic E-state index is -0.397. The fourth-order valence-corrected chi connectivity index (χ4v) is 1.16. The summed E-state index contributed by atoms with van der Waals surface area (Å²) in [5.74, 6) is -0.0669. The minimum Gasteiger partial charge on any atom is -0.395 e. The molecule has 3 N–H and O–H groups in total. The van der Waals surface area contributed by atoms with Crippen LogP contribution in [0, 0.1) is 5.82 Å². The predicted molar refractivity (Wildman–Crippen MR) is 63.4 cm³/mol. The number of aliphatic hydroxyl groups is 1. The van der Waals surface area contributed by atoms with Gasteiger partial charge in [0.25, 0.3) is 0 Å². The number of aromatic nitrogens is 1. The first-order chi connectivity index (χ1) is 7.63. The number of aliphatic hydroxyl groups excluding tert-OH is 1. The molecule has 92 valence electrons. The fourth-order valence-electron chi connectivity index (χ4n) is 1.16. The van der Waals surface area contributed by atoms with Crippen molar-refractivity contribution in [1.29, 1.82) is 0 Å². The predicted octanol–water partition coefficient (Wildman–Crippen LogP) is 1.25. The molecule has 0 saturated carbocycles. The molecule has 0 bridgehead atoms. The first kappa shape index (κ1) is 14.8. The van der Waals surface area contributed by atoms with E-state index >= 15 is 0 Å². The lowest BCUT2D eigenvalue weighted by Gasteiger charge is -2.15. The van der Waals surface area contributed by atoms with Crippen LogP contribution < -0.4 is 5.73 Å². The maximum Gasteiger partial charge on any atom is 0.141 e. The van der Waals surface area contributed by atoms with Crippen LogP contribution in [0.1, 0.15) is 19.4 Å². The summed E-state index contributed by atoms with van der Waals surface area (Å²) in [4.78, 5) is 5.55. The van der Waals surface area contributed by atoms with Crippen molar-refractivity contribution in [2.24, 2.45) is 0 Å². The van der Waals surface area contributed by atoms with Crippen LogP contribution in [-0.4, -0.2) is 35.2 Å². The van der Waals surface area contributed by atoms with Crippen LogP contribution >= 0.6 is 0 Å². The van der Waals surface area contributed by atoms with Crippen LogP contribution in [0.5, 0.6) is 0 Å². The van der Waals surface area contributed by atoms with E-state index < -0.39 is 5.82 Å². The third-order valence-electron chi connectivity index (χ3n) is 1.89. The number of anilines is 1. The van der Waals surface area contributed by atoms with Gasteiger partial charge < -0.3 is 10.8 Å². The molecular weight excluding hydrogens is 209 g/mol. The Balaban J connectivity index is 0.00000106. The second kappa shape index (κ2) is 8.01. The molecule has 0 aliphatic heterocycles. The lowest BCUT2D eigenvalue weighted by Crippen LogP contribution is -2.22. The van der Waals surface area contributed by atoms with Gasteiger partial charge in [-0.3, -0.25) is 4.90 Å². The van der Waals surface area contributed by atoms with Gasteiger partial charge in [0.2, 0.25) is 0 Å². The van der Waals surface area contributed by atoms with Gasteiger partial charge >= 0.3 is 0 Å². The van der Waals surface area contributed by atoms with E-state index in [0.29, 0.717) is 24.5 Å². The molecule has 0 aromatic carbocycles. The molecule has 0 aliphatic rings. The first-order valence-corrected chi connectivity index (χ1v) is 5.32. The molecule has 0 unspecified atom stereocenters. The van der Waals surface area contributed by atoms with E-state index in [0.717, 1.165) is 6.20 Å². The average Bonchev–Trinajstić information content (AvgIpc) is 2.27. The highest BCUT2D eigenvalue weighted by molar-refractivity contribution is 5.38. The molecule has 4 nitrogen and oxygen atoms in total. The number of nitrogens with two attached hydrogens (primary N) is 1. The summed E-state index contributed by atoms with van der Waals surface area (Å²) in [6, 6.07) is 1.36. The molecule has 0 fully saturated rings. The summed E-state index contributed by atoms with van der Waals surface area (Å²) >= 11 is 0. The molecule has 0 atom stereocenters. The Morgan fingerprint density at radius 2 is 2.12 bits per heavy atom. The van der Waals surface area contributed by atoms with Gasteiger partial charge in [-0.1, -0.05) is 13.8 Å². The van der Waals surface area contributed by atoms with E-state index in [9.17, 15) is 4.39 Å². The van der Waals surface area contributed by atoms with Crippen molar-refractivity contribution in [3.8, 4) is 0 Å². The van der Waals surface area contributed by atoms with Crippen molar-refractivity contribution < 1.29 is 9.50 Å². The number of nitrogen functional groups attached to an aromatic ring is 1. The molecule has 1 rings (SSSR count). The molecule has 0 radical (unpaired) electrons. The summed E-state index contributed by atoms with van der Waals surface area (Å²) in [7, 11) is 1.82. The van der Waals surface area contributed by atoms with Crippen LogP contribution in [-0.2, 0) is 6.54 Å². The smallest absolute Gasteiger partial charge is 0.141 e. The first-order valence-electron chi connectivity index (χ1n) is 5.32. The van der Waals surface area contributed by atoms with Gasteiger partial charge in [0.15, 0.2) is 0 Å². The van der Waals surface area contributed by atoms with Gasteiger partial charge in [-0.25, -0.2) is 9.37 Å². The topological polar surface area (TPSA) is 62.4 Å². The molecule has 1 heterocycles. The molecule has 0 amide bonds. The normalized spacial score (nSPS) is 9.88. The summed E-state index contributed by atoms with van der Waals surface area (Å²) in [5, 5.41) is 8.68. The SMILES string of the molecule is CC.CN(CCO)Cc1cc(F)cnc1N. The molecule has 1 aromatic heterocycles. The van der Waals surface area contributed by atoms with E-state index in [-0.39, 0.29) is 6.61 Å². The Labute approximate surface area is 95.9 Å². The van der Waals surface area contributed by atoms with E-state index in [1.165, 1.54) is 6.07 Å². The van der Waals surface area contributed by atoms with E-state index in [4.69, 9.17) is 10.8 Å². The number of nitrogens with zero attached hydrogens (tertiary/aromatic N) is 2. The Kier molecular flexibility index (Phi) is 7.41. The van der Waals surface area contributed by atoms with Gasteiger partial charge in [-0.2, -0.15) is 0 Å². The zero-order chi connectivity index (χ0) is 12.6. The zero-order valence-corrected chi connectivity index (χ0v) is 10.1. The van der Waals surface area contributed by atoms with Crippen molar-refractivity contribution in [3.05, 3.63) is 23.6 Å². The van der Waals surface area contributed by atoms with Crippen LogP contribution in [0.25, 0.3) is 0 Å². The van der Waals surface area contributed by atoms with E-state index in [2.05, 4.69) is 4.98 Å². The number of hydrogen-bond acceptors (Lipinski definition) is 4. The second-order valence-electron chi connectivity index (χ2n) is 3.16. The van der Waals surface area contributed by atoms with Crippen molar-refractivity contribution >= 4 is 5.82 Å². The van der Waals surface area contributed by atoms with Crippen LogP contribution in [0.2, 0.25) is 0 Å². The van der Waals surface area contributed by atoms with Gasteiger partial charge in [-0.15, -0.1) is 0 Å². The van der Waals surface area contributed by atoms with Gasteiger partial charge in [0.05, 0.1) is 12.8 Å². The number of pyridine rings is 1. The van der Waals surface area contributed by atoms with Crippen LogP contribution in [0.3, 0.4) is 0 Å². The van der Waals surface area contributed by atoms with Gasteiger partial charge in [0.1, 0.15) is 11.6 Å². The van der Waals surface area contributed by atoms with Gasteiger partial charge in [0, 0.05) is 18.7 Å². The van der Waals surface area contributed by atoms with Crippen molar-refractivity contribution in [1.82, 2.24) is 9.88 Å². The zero-order valence-electron chi connectivity index (χ0n) is 10.1. The van der Waals surface area contributed by atoms with Crippen LogP contribution in [0.4, 0.5) is 10.2 Å². The maximum atomic E-state index is 12.8. The Hall–Kier alpha value is -1.20. The third kappa shape index (κ3) is 5.04. The summed E-state index contributed by atoms with van der Waals surface area (Å²) in [6.45, 7) is 5.08. The summed E-state index contributed by atoms with van der Waals surface area (Å²) in [6.07, 6.45) is 1.09. The number of rotatable bonds is 4. The highest BCUT2D eigenvalue weighted by Gasteiger charge is 2.05. The Morgan fingerprint density at radius 3 is 2.69 bits per heavy atom. The molecule has 5 heteroatoms. The molecule has 1 aromatic rings. The third-order valence-corrected chi connectivity index (χ3v) is 1.89. The molecule has 16 heavy (non-hydrogen) atoms. The maximum absolute atomic E-state index is 12.8. The number of halogens is 1. The molecule has 0 saturated heterocycles. The van der Waals surface area contributed by atoms with Crippen LogP contribution in [0.15, 0.2) is 12.3 Å². The fraction of sp³-hybridized carbons (Fsp3) is 0.545. The lowest BCUT2D eigenvalue weighted by molar-refractivity contribution is 0.217. The largest absolute Gasteiger partial charge is 0.395 e. The average molecular weight is 229 g/mol.